The summed E-state index contributed by atoms with van der Waals surface area (Å²) in [6.45, 7) is 1.38. The molecule has 0 spiro atoms. The Balaban J connectivity index is 1.68. The molecule has 1 saturated heterocycles. The van der Waals surface area contributed by atoms with Gasteiger partial charge >= 0.3 is 0 Å². The van der Waals surface area contributed by atoms with Crippen LogP contribution in [0.5, 0.6) is 0 Å². The molecule has 98 valence electrons. The Hall–Kier alpha value is -1.42. The van der Waals surface area contributed by atoms with Crippen molar-refractivity contribution in [3.05, 3.63) is 35.6 Å². The summed E-state index contributed by atoms with van der Waals surface area (Å²) < 4.78 is 18.3. The number of amides is 1. The van der Waals surface area contributed by atoms with Gasteiger partial charge in [0.25, 0.3) is 0 Å². The molecule has 18 heavy (non-hydrogen) atoms. The molecule has 1 aromatic carbocycles. The van der Waals surface area contributed by atoms with Crippen LogP contribution in [0.1, 0.15) is 24.8 Å². The Bertz CT molecular complexity index is 403. The van der Waals surface area contributed by atoms with E-state index >= 15 is 0 Å². The van der Waals surface area contributed by atoms with E-state index < -0.39 is 0 Å². The van der Waals surface area contributed by atoms with Gasteiger partial charge in [-0.3, -0.25) is 4.79 Å². The molecule has 1 fully saturated rings. The average molecular weight is 251 g/mol. The van der Waals surface area contributed by atoms with Crippen LogP contribution in [0.4, 0.5) is 4.39 Å². The molecule has 0 aromatic heterocycles. The van der Waals surface area contributed by atoms with E-state index in [0.29, 0.717) is 19.4 Å². The van der Waals surface area contributed by atoms with E-state index in [2.05, 4.69) is 5.32 Å². The second-order valence-electron chi connectivity index (χ2n) is 4.57. The van der Waals surface area contributed by atoms with Crippen LogP contribution in [-0.4, -0.2) is 25.2 Å². The first-order chi connectivity index (χ1) is 8.74. The average Bonchev–Trinajstić information content (AvgIpc) is 2.87. The number of nitrogens with one attached hydrogen (secondary N) is 1. The van der Waals surface area contributed by atoms with Gasteiger partial charge < -0.3 is 10.1 Å². The maximum absolute atomic E-state index is 12.9. The van der Waals surface area contributed by atoms with Crippen LogP contribution in [-0.2, 0) is 16.0 Å². The van der Waals surface area contributed by atoms with Crippen LogP contribution in [0.15, 0.2) is 24.3 Å². The normalized spacial score (nSPS) is 18.8. The zero-order valence-corrected chi connectivity index (χ0v) is 10.3. The number of carbonyl (C=O) groups is 1. The van der Waals surface area contributed by atoms with Gasteiger partial charge in [0.2, 0.25) is 5.91 Å². The summed E-state index contributed by atoms with van der Waals surface area (Å²) in [7, 11) is 0. The third-order valence-electron chi connectivity index (χ3n) is 3.08. The van der Waals surface area contributed by atoms with E-state index in [1.54, 1.807) is 6.07 Å². The van der Waals surface area contributed by atoms with Crippen molar-refractivity contribution >= 4 is 5.91 Å². The van der Waals surface area contributed by atoms with Crippen LogP contribution < -0.4 is 5.32 Å². The first kappa shape index (κ1) is 13.0. The summed E-state index contributed by atoms with van der Waals surface area (Å²) in [5.74, 6) is -0.262. The maximum atomic E-state index is 12.9. The molecule has 0 aliphatic carbocycles. The molecule has 1 amide bonds. The zero-order chi connectivity index (χ0) is 12.8. The number of hydrogen-bond acceptors (Lipinski definition) is 2. The van der Waals surface area contributed by atoms with Gasteiger partial charge in [0.15, 0.2) is 0 Å². The predicted octanol–water partition coefficient (Wildman–Crippen LogP) is 2.05. The van der Waals surface area contributed by atoms with Crippen molar-refractivity contribution in [1.82, 2.24) is 5.32 Å². The molecule has 0 bridgehead atoms. The highest BCUT2D eigenvalue weighted by molar-refractivity contribution is 5.76. The van der Waals surface area contributed by atoms with Crippen molar-refractivity contribution < 1.29 is 13.9 Å². The Morgan fingerprint density at radius 3 is 3.11 bits per heavy atom. The number of halogens is 1. The molecule has 0 saturated carbocycles. The minimum Gasteiger partial charge on any atom is -0.376 e. The van der Waals surface area contributed by atoms with Crippen LogP contribution in [0, 0.1) is 5.82 Å². The summed E-state index contributed by atoms with van der Waals surface area (Å²) in [4.78, 5) is 11.6. The van der Waals surface area contributed by atoms with Crippen molar-refractivity contribution in [2.45, 2.75) is 31.8 Å². The number of carbonyl (C=O) groups excluding carboxylic acids is 1. The van der Waals surface area contributed by atoms with Crippen LogP contribution in [0.2, 0.25) is 0 Å². The fourth-order valence-corrected chi connectivity index (χ4v) is 2.07. The van der Waals surface area contributed by atoms with Gasteiger partial charge in [-0.15, -0.1) is 0 Å². The van der Waals surface area contributed by atoms with E-state index in [4.69, 9.17) is 4.74 Å². The quantitative estimate of drug-likeness (QED) is 0.869. The highest BCUT2D eigenvalue weighted by Gasteiger charge is 2.15. The van der Waals surface area contributed by atoms with E-state index in [0.717, 1.165) is 25.0 Å². The topological polar surface area (TPSA) is 38.3 Å². The minimum absolute atomic E-state index is 0.00485. The van der Waals surface area contributed by atoms with Gasteiger partial charge in [0, 0.05) is 19.6 Å². The maximum Gasteiger partial charge on any atom is 0.220 e. The fraction of sp³-hybridized carbons (Fsp3) is 0.500. The van der Waals surface area contributed by atoms with Gasteiger partial charge in [0.1, 0.15) is 5.82 Å². The third-order valence-corrected chi connectivity index (χ3v) is 3.08. The van der Waals surface area contributed by atoms with Gasteiger partial charge in [-0.05, 0) is 37.0 Å². The van der Waals surface area contributed by atoms with Crippen molar-refractivity contribution in [3.8, 4) is 0 Å². The molecule has 0 radical (unpaired) electrons. The third kappa shape index (κ3) is 4.11. The van der Waals surface area contributed by atoms with Crippen LogP contribution in [0.25, 0.3) is 0 Å². The lowest BCUT2D eigenvalue weighted by atomic mass is 10.1. The smallest absolute Gasteiger partial charge is 0.220 e. The molecule has 4 heteroatoms. The fourth-order valence-electron chi connectivity index (χ4n) is 2.07. The lowest BCUT2D eigenvalue weighted by molar-refractivity contribution is -0.121. The molecule has 2 rings (SSSR count). The summed E-state index contributed by atoms with van der Waals surface area (Å²) in [5, 5.41) is 2.85. The monoisotopic (exact) mass is 251 g/mol. The van der Waals surface area contributed by atoms with Crippen molar-refractivity contribution in [3.63, 3.8) is 0 Å². The number of rotatable bonds is 5. The van der Waals surface area contributed by atoms with Crippen LogP contribution in [0.3, 0.4) is 0 Å². The lowest BCUT2D eigenvalue weighted by Crippen LogP contribution is -2.31. The predicted molar refractivity (Wildman–Crippen MR) is 66.7 cm³/mol. The minimum atomic E-state index is -0.257. The number of benzene rings is 1. The number of aryl methyl sites for hydroxylation is 1. The summed E-state index contributed by atoms with van der Waals surface area (Å²) in [6, 6.07) is 6.36. The Morgan fingerprint density at radius 1 is 1.50 bits per heavy atom. The summed E-state index contributed by atoms with van der Waals surface area (Å²) >= 11 is 0. The van der Waals surface area contributed by atoms with E-state index in [-0.39, 0.29) is 17.8 Å². The zero-order valence-electron chi connectivity index (χ0n) is 10.3. The SMILES string of the molecule is O=C(CCc1cccc(F)c1)NCC1CCCO1. The van der Waals surface area contributed by atoms with E-state index in [1.165, 1.54) is 12.1 Å². The molecule has 1 aliphatic rings. The van der Waals surface area contributed by atoms with Crippen molar-refractivity contribution in [2.24, 2.45) is 0 Å². The van der Waals surface area contributed by atoms with Crippen LogP contribution >= 0.6 is 0 Å². The summed E-state index contributed by atoms with van der Waals surface area (Å²) in [5.41, 5.74) is 0.849. The van der Waals surface area contributed by atoms with E-state index in [9.17, 15) is 9.18 Å². The first-order valence-corrected chi connectivity index (χ1v) is 6.37. The second-order valence-corrected chi connectivity index (χ2v) is 4.57. The van der Waals surface area contributed by atoms with Gasteiger partial charge in [-0.2, -0.15) is 0 Å². The molecule has 1 atom stereocenters. The van der Waals surface area contributed by atoms with Crippen molar-refractivity contribution in [2.75, 3.05) is 13.2 Å². The largest absolute Gasteiger partial charge is 0.376 e. The second kappa shape index (κ2) is 6.50. The Labute approximate surface area is 106 Å². The first-order valence-electron chi connectivity index (χ1n) is 6.37. The molecule has 3 nitrogen and oxygen atoms in total. The highest BCUT2D eigenvalue weighted by atomic mass is 19.1. The van der Waals surface area contributed by atoms with Gasteiger partial charge in [0.05, 0.1) is 6.10 Å². The molecule has 1 heterocycles. The van der Waals surface area contributed by atoms with E-state index in [1.807, 2.05) is 6.07 Å². The molecule has 1 N–H and O–H groups in total. The summed E-state index contributed by atoms with van der Waals surface area (Å²) in [6.07, 6.45) is 3.21. The molecule has 1 unspecified atom stereocenters. The number of ether oxygens (including phenoxy) is 1. The van der Waals surface area contributed by atoms with Gasteiger partial charge in [-0.1, -0.05) is 12.1 Å². The van der Waals surface area contributed by atoms with Gasteiger partial charge in [-0.25, -0.2) is 4.39 Å². The molecular formula is C14H18FNO2. The lowest BCUT2D eigenvalue weighted by Gasteiger charge is -2.10. The molecule has 1 aromatic rings. The highest BCUT2D eigenvalue weighted by Crippen LogP contribution is 2.11. The number of hydrogen-bond donors (Lipinski definition) is 1. The Kier molecular flexibility index (Phi) is 4.70. The van der Waals surface area contributed by atoms with Crippen molar-refractivity contribution in [1.29, 1.82) is 0 Å². The standard InChI is InChI=1S/C14H18FNO2/c15-12-4-1-3-11(9-12)6-7-14(17)16-10-13-5-2-8-18-13/h1,3-4,9,13H,2,5-8,10H2,(H,16,17). The molecule has 1 aliphatic heterocycles. The Morgan fingerprint density at radius 2 is 2.39 bits per heavy atom. The molecular weight excluding hydrogens is 233 g/mol.